The second kappa shape index (κ2) is 30.6. The lowest BCUT2D eigenvalue weighted by atomic mass is 9.87. The minimum atomic E-state index is 0.877. The molecular formula is C116H72N10. The van der Waals surface area contributed by atoms with Crippen LogP contribution in [-0.4, -0.2) is 49.5 Å². The van der Waals surface area contributed by atoms with Gasteiger partial charge in [-0.3, -0.25) is 19.9 Å². The van der Waals surface area contributed by atoms with Crippen molar-refractivity contribution < 1.29 is 0 Å². The molecule has 7 aromatic heterocycles. The summed E-state index contributed by atoms with van der Waals surface area (Å²) < 4.78 is 4.34. The van der Waals surface area contributed by atoms with Gasteiger partial charge in [0.2, 0.25) is 0 Å². The van der Waals surface area contributed by atoms with Crippen LogP contribution in [0.4, 0.5) is 0 Å². The first-order valence-corrected chi connectivity index (χ1v) is 42.5. The number of hydrogen-bond acceptors (Lipinski definition) is 8. The Labute approximate surface area is 726 Å². The number of benzene rings is 17. The van der Waals surface area contributed by atoms with Crippen molar-refractivity contribution in [1.82, 2.24) is 49.5 Å². The molecule has 126 heavy (non-hydrogen) atoms. The van der Waals surface area contributed by atoms with Crippen molar-refractivity contribution in [3.8, 4) is 168 Å². The summed E-state index contributed by atoms with van der Waals surface area (Å²) in [4.78, 5) is 29.3. The van der Waals surface area contributed by atoms with Crippen molar-refractivity contribution in [2.75, 3.05) is 0 Å². The van der Waals surface area contributed by atoms with Crippen LogP contribution < -0.4 is 0 Å². The van der Waals surface area contributed by atoms with Gasteiger partial charge in [0.1, 0.15) is 6.33 Å². The molecule has 0 aliphatic rings. The molecule has 17 aromatic carbocycles. The standard InChI is InChI=1S/C116H72N10/c1-5-26-93(89(22-1)73-40-48-77(49-41-73)105-34-13-17-60-117-105)81-64-82(94-27-6-2-23-90(94)74-42-50-78(51-43-74)106-35-14-18-61-118-106)67-85(66-81)115-101-30-9-11-38-109(101)123-125(115)87-56-58-99-103(70-87)97-32-21-33-98-104-71-88(57-59-100(104)114-112(111(97)98)113(99)121-72-122-114)126-116(102-31-10-12-39-110(102)124-126)86-68-83(95-28-7-3-24-91(95)75-44-52-79(53-45-75)107-36-15-19-62-119-107)65-84(69-86)96-29-8-4-25-92(96)76-46-54-80(55-47-76)108-37-16-20-63-120-108/h1-72H. The van der Waals surface area contributed by atoms with Gasteiger partial charge in [-0.05, 0) is 232 Å². The molecule has 0 atom stereocenters. The SMILES string of the molecule is c1ccc(-c2ccc(-c3ccccc3-c3cc(-c4ccccc4-c4ccc(-c5ccccn5)cc4)cc(-c4c5ccccc5nn4-c4ccc5c(c4)c4cccc6c7cc(-n8nc9ccccc9c8-c8cc(-c9ccccc9-c9ccc(-c%10ccccn%10)cc9)cc(-c9ccccc9-c9ccc(-c%10ccccn%10)cc9)c8)ccc7c7ncnc5c7c46)c3)cc2)nc1. The highest BCUT2D eigenvalue weighted by Crippen LogP contribution is 2.49. The highest BCUT2D eigenvalue weighted by atomic mass is 15.3. The Morgan fingerprint density at radius 3 is 0.746 bits per heavy atom. The van der Waals surface area contributed by atoms with E-state index in [2.05, 4.69) is 367 Å². The van der Waals surface area contributed by atoms with Crippen LogP contribution in [0, 0.1) is 0 Å². The first-order chi connectivity index (χ1) is 62.5. The molecule has 0 N–H and O–H groups in total. The number of aromatic nitrogens is 10. The van der Waals surface area contributed by atoms with Crippen LogP contribution in [0.15, 0.2) is 438 Å². The summed E-state index contributed by atoms with van der Waals surface area (Å²) in [5.41, 5.74) is 34.8. The number of fused-ring (bicyclic) bond motifs is 8. The molecule has 24 aromatic rings. The average Bonchev–Trinajstić information content (AvgIpc) is 0.868. The van der Waals surface area contributed by atoms with E-state index in [4.69, 9.17) is 40.1 Å². The lowest BCUT2D eigenvalue weighted by Crippen LogP contribution is -2.01. The summed E-state index contributed by atoms with van der Waals surface area (Å²) in [5.74, 6) is 0. The lowest BCUT2D eigenvalue weighted by Gasteiger charge is -2.19. The summed E-state index contributed by atoms with van der Waals surface area (Å²) in [6, 6.07) is 146. The fourth-order valence-electron chi connectivity index (χ4n) is 19.0. The van der Waals surface area contributed by atoms with Crippen LogP contribution in [0.25, 0.3) is 244 Å². The molecule has 0 saturated heterocycles. The average molecular weight is 1610 g/mol. The first-order valence-electron chi connectivity index (χ1n) is 42.5. The summed E-state index contributed by atoms with van der Waals surface area (Å²) >= 11 is 0. The van der Waals surface area contributed by atoms with E-state index in [0.29, 0.717) is 0 Å². The zero-order valence-corrected chi connectivity index (χ0v) is 68.0. The fourth-order valence-corrected chi connectivity index (χ4v) is 19.0. The van der Waals surface area contributed by atoms with Crippen LogP contribution in [0.1, 0.15) is 0 Å². The van der Waals surface area contributed by atoms with Gasteiger partial charge in [-0.25, -0.2) is 19.3 Å². The molecule has 0 aliphatic carbocycles. The predicted octanol–water partition coefficient (Wildman–Crippen LogP) is 29.3. The zero-order valence-electron chi connectivity index (χ0n) is 68.0. The minimum Gasteiger partial charge on any atom is -0.256 e. The largest absolute Gasteiger partial charge is 0.256 e. The molecule has 0 saturated carbocycles. The molecule has 0 fully saturated rings. The topological polar surface area (TPSA) is 113 Å². The Morgan fingerprint density at radius 1 is 0.167 bits per heavy atom. The van der Waals surface area contributed by atoms with Crippen LogP contribution in [0.5, 0.6) is 0 Å². The van der Waals surface area contributed by atoms with E-state index >= 15 is 0 Å². The number of pyridine rings is 4. The quantitative estimate of drug-likeness (QED) is 0.0694. The van der Waals surface area contributed by atoms with Crippen LogP contribution >= 0.6 is 0 Å². The fraction of sp³-hybridized carbons (Fsp3) is 0. The number of nitrogens with zero attached hydrogens (tertiary/aromatic N) is 10. The molecule has 10 nitrogen and oxygen atoms in total. The molecule has 0 amide bonds. The van der Waals surface area contributed by atoms with Gasteiger partial charge >= 0.3 is 0 Å². The van der Waals surface area contributed by atoms with Gasteiger partial charge in [0.05, 0.1) is 67.6 Å². The normalized spacial score (nSPS) is 11.7. The van der Waals surface area contributed by atoms with Crippen molar-refractivity contribution in [2.24, 2.45) is 0 Å². The van der Waals surface area contributed by atoms with Crippen LogP contribution in [0.3, 0.4) is 0 Å². The maximum absolute atomic E-state index is 5.63. The van der Waals surface area contributed by atoms with Crippen LogP contribution in [-0.2, 0) is 0 Å². The van der Waals surface area contributed by atoms with E-state index in [1.165, 1.54) is 0 Å². The Kier molecular flexibility index (Phi) is 17.7. The summed E-state index contributed by atoms with van der Waals surface area (Å²) in [6.07, 6.45) is 9.13. The third kappa shape index (κ3) is 12.7. The van der Waals surface area contributed by atoms with Gasteiger partial charge in [-0.2, -0.15) is 10.2 Å². The van der Waals surface area contributed by atoms with Crippen molar-refractivity contribution in [3.63, 3.8) is 0 Å². The Balaban J connectivity index is 0.670. The summed E-state index contributed by atoms with van der Waals surface area (Å²) in [6.45, 7) is 0. The Bertz CT molecular complexity index is 7570. The molecular weight excluding hydrogens is 1530 g/mol. The molecule has 0 spiro atoms. The van der Waals surface area contributed by atoms with Crippen molar-refractivity contribution >= 4 is 75.9 Å². The Hall–Kier alpha value is -17.1. The molecule has 7 heterocycles. The monoisotopic (exact) mass is 1600 g/mol. The Morgan fingerprint density at radius 2 is 0.437 bits per heavy atom. The minimum absolute atomic E-state index is 0.877. The lowest BCUT2D eigenvalue weighted by molar-refractivity contribution is 0.906. The van der Waals surface area contributed by atoms with Gasteiger partial charge in [-0.1, -0.05) is 285 Å². The van der Waals surface area contributed by atoms with Crippen molar-refractivity contribution in [1.29, 1.82) is 0 Å². The van der Waals surface area contributed by atoms with Gasteiger partial charge in [0, 0.05) is 90.5 Å². The van der Waals surface area contributed by atoms with Crippen LogP contribution in [0.2, 0.25) is 0 Å². The third-order valence-electron chi connectivity index (χ3n) is 24.9. The molecule has 0 unspecified atom stereocenters. The van der Waals surface area contributed by atoms with Gasteiger partial charge in [0.25, 0.3) is 0 Å². The van der Waals surface area contributed by atoms with Gasteiger partial charge in [-0.15, -0.1) is 0 Å². The van der Waals surface area contributed by atoms with Gasteiger partial charge in [0.15, 0.2) is 0 Å². The van der Waals surface area contributed by atoms with E-state index in [9.17, 15) is 0 Å². The summed E-state index contributed by atoms with van der Waals surface area (Å²) in [7, 11) is 0. The predicted molar refractivity (Wildman–Crippen MR) is 517 cm³/mol. The van der Waals surface area contributed by atoms with E-state index in [0.717, 1.165) is 244 Å². The molecule has 0 radical (unpaired) electrons. The smallest absolute Gasteiger partial charge is 0.116 e. The molecule has 0 aliphatic heterocycles. The molecule has 586 valence electrons. The zero-order chi connectivity index (χ0) is 83.1. The van der Waals surface area contributed by atoms with Crippen molar-refractivity contribution in [2.45, 2.75) is 0 Å². The summed E-state index contributed by atoms with van der Waals surface area (Å²) in [5, 5.41) is 21.8. The van der Waals surface area contributed by atoms with Crippen molar-refractivity contribution in [3.05, 3.63) is 438 Å². The maximum atomic E-state index is 5.63. The second-order valence-corrected chi connectivity index (χ2v) is 32.1. The second-order valence-electron chi connectivity index (χ2n) is 32.1. The molecule has 10 heteroatoms. The first kappa shape index (κ1) is 72.9. The van der Waals surface area contributed by atoms with E-state index in [-0.39, 0.29) is 0 Å². The van der Waals surface area contributed by atoms with Gasteiger partial charge < -0.3 is 0 Å². The third-order valence-corrected chi connectivity index (χ3v) is 24.9. The number of rotatable bonds is 16. The number of hydrogen-bond donors (Lipinski definition) is 0. The highest BCUT2D eigenvalue weighted by Gasteiger charge is 2.27. The highest BCUT2D eigenvalue weighted by molar-refractivity contribution is 6.39. The van der Waals surface area contributed by atoms with E-state index < -0.39 is 0 Å². The molecule has 0 bridgehead atoms. The van der Waals surface area contributed by atoms with E-state index in [1.807, 2.05) is 73.3 Å². The maximum Gasteiger partial charge on any atom is 0.116 e. The molecule has 24 rings (SSSR count). The van der Waals surface area contributed by atoms with E-state index in [1.54, 1.807) is 6.33 Å².